The maximum atomic E-state index is 12.4. The molecule has 1 saturated heterocycles. The normalized spacial score (nSPS) is 26.0. The van der Waals surface area contributed by atoms with E-state index in [1.807, 2.05) is 0 Å². The van der Waals surface area contributed by atoms with Gasteiger partial charge in [-0.15, -0.1) is 0 Å². The van der Waals surface area contributed by atoms with Crippen LogP contribution in [0.4, 0.5) is 0 Å². The van der Waals surface area contributed by atoms with E-state index >= 15 is 0 Å². The Hall–Kier alpha value is -0.170. The summed E-state index contributed by atoms with van der Waals surface area (Å²) in [5, 5.41) is 3.33. The third kappa shape index (κ3) is 5.51. The summed E-state index contributed by atoms with van der Waals surface area (Å²) in [4.78, 5) is 0. The van der Waals surface area contributed by atoms with Crippen molar-refractivity contribution < 1.29 is 8.42 Å². The fourth-order valence-corrected chi connectivity index (χ4v) is 4.87. The van der Waals surface area contributed by atoms with Gasteiger partial charge in [0.1, 0.15) is 0 Å². The number of hydrogen-bond acceptors (Lipinski definition) is 3. The third-order valence-corrected chi connectivity index (χ3v) is 6.33. The van der Waals surface area contributed by atoms with Gasteiger partial charge in [0.25, 0.3) is 10.2 Å². The van der Waals surface area contributed by atoms with E-state index in [2.05, 4.69) is 17.0 Å². The molecule has 0 amide bonds. The van der Waals surface area contributed by atoms with Crippen LogP contribution in [-0.2, 0) is 10.2 Å². The highest BCUT2D eigenvalue weighted by Crippen LogP contribution is 2.23. The molecule has 0 bridgehead atoms. The van der Waals surface area contributed by atoms with Crippen molar-refractivity contribution in [3.05, 3.63) is 0 Å². The van der Waals surface area contributed by atoms with Crippen LogP contribution in [-0.4, -0.2) is 45.4 Å². The lowest BCUT2D eigenvalue weighted by molar-refractivity contribution is 0.257. The van der Waals surface area contributed by atoms with Crippen LogP contribution < -0.4 is 10.0 Å². The lowest BCUT2D eigenvalue weighted by Gasteiger charge is -2.32. The predicted octanol–water partition coefficient (Wildman–Crippen LogP) is 1.72. The van der Waals surface area contributed by atoms with Gasteiger partial charge in [0.05, 0.1) is 0 Å². The zero-order chi connectivity index (χ0) is 15.1. The molecule has 2 rings (SSSR count). The van der Waals surface area contributed by atoms with E-state index in [-0.39, 0.29) is 0 Å². The summed E-state index contributed by atoms with van der Waals surface area (Å²) in [6, 6.07) is 0. The average Bonchev–Trinajstić information content (AvgIpc) is 2.52. The highest BCUT2D eigenvalue weighted by atomic mass is 32.2. The first-order valence-corrected chi connectivity index (χ1v) is 10.0. The molecule has 0 aromatic rings. The second kappa shape index (κ2) is 8.46. The van der Waals surface area contributed by atoms with Gasteiger partial charge in [-0.3, -0.25) is 0 Å². The molecule has 2 fully saturated rings. The molecule has 1 heterocycles. The number of rotatable bonds is 7. The van der Waals surface area contributed by atoms with Crippen LogP contribution in [0.3, 0.4) is 0 Å². The van der Waals surface area contributed by atoms with Crippen LogP contribution in [0.2, 0.25) is 0 Å². The van der Waals surface area contributed by atoms with E-state index in [1.165, 1.54) is 32.1 Å². The molecule has 6 heteroatoms. The van der Waals surface area contributed by atoms with Gasteiger partial charge in [-0.1, -0.05) is 26.2 Å². The van der Waals surface area contributed by atoms with Crippen molar-refractivity contribution >= 4 is 10.2 Å². The average molecular weight is 317 g/mol. The molecular formula is C15H31N3O2S. The Morgan fingerprint density at radius 2 is 1.71 bits per heavy atom. The highest BCUT2D eigenvalue weighted by Gasteiger charge is 2.29. The molecule has 2 N–H and O–H groups in total. The summed E-state index contributed by atoms with van der Waals surface area (Å²) in [5.41, 5.74) is 0. The molecule has 0 radical (unpaired) electrons. The Balaban J connectivity index is 1.80. The highest BCUT2D eigenvalue weighted by molar-refractivity contribution is 7.87. The van der Waals surface area contributed by atoms with E-state index in [4.69, 9.17) is 0 Å². The van der Waals surface area contributed by atoms with Crippen molar-refractivity contribution in [1.82, 2.24) is 14.3 Å². The number of nitrogens with zero attached hydrogens (tertiary/aromatic N) is 1. The van der Waals surface area contributed by atoms with Gasteiger partial charge in [0.2, 0.25) is 0 Å². The minimum Gasteiger partial charge on any atom is -0.317 e. The summed E-state index contributed by atoms with van der Waals surface area (Å²) in [6.07, 6.45) is 8.25. The fourth-order valence-electron chi connectivity index (χ4n) is 3.47. The lowest BCUT2D eigenvalue weighted by atomic mass is 9.90. The van der Waals surface area contributed by atoms with Crippen LogP contribution in [0.5, 0.6) is 0 Å². The molecule has 1 aliphatic carbocycles. The summed E-state index contributed by atoms with van der Waals surface area (Å²) in [6.45, 7) is 5.91. The molecule has 1 saturated carbocycles. The van der Waals surface area contributed by atoms with Crippen LogP contribution in [0, 0.1) is 11.8 Å². The number of hydrogen-bond donors (Lipinski definition) is 2. The van der Waals surface area contributed by atoms with Crippen LogP contribution in [0.15, 0.2) is 0 Å². The molecule has 1 unspecified atom stereocenters. The monoisotopic (exact) mass is 317 g/mol. The topological polar surface area (TPSA) is 61.4 Å². The Morgan fingerprint density at radius 3 is 2.43 bits per heavy atom. The molecular weight excluding hydrogens is 286 g/mol. The molecule has 124 valence electrons. The summed E-state index contributed by atoms with van der Waals surface area (Å²) in [5.74, 6) is 0.987. The van der Waals surface area contributed by atoms with E-state index in [0.29, 0.717) is 31.5 Å². The Morgan fingerprint density at radius 1 is 1.00 bits per heavy atom. The van der Waals surface area contributed by atoms with Crippen LogP contribution >= 0.6 is 0 Å². The van der Waals surface area contributed by atoms with E-state index in [1.54, 1.807) is 4.31 Å². The molecule has 0 aromatic heterocycles. The Labute approximate surface area is 130 Å². The molecule has 1 aliphatic heterocycles. The zero-order valence-corrected chi connectivity index (χ0v) is 14.1. The molecule has 0 spiro atoms. The first kappa shape index (κ1) is 17.2. The minimum absolute atomic E-state index is 0.449. The third-order valence-electron chi connectivity index (χ3n) is 4.78. The van der Waals surface area contributed by atoms with Crippen molar-refractivity contribution in [3.63, 3.8) is 0 Å². The summed E-state index contributed by atoms with van der Waals surface area (Å²) >= 11 is 0. The molecule has 5 nitrogen and oxygen atoms in total. The maximum Gasteiger partial charge on any atom is 0.279 e. The second-order valence-corrected chi connectivity index (χ2v) is 8.29. The van der Waals surface area contributed by atoms with Gasteiger partial charge in [-0.2, -0.15) is 12.7 Å². The van der Waals surface area contributed by atoms with Gasteiger partial charge in [0, 0.05) is 19.6 Å². The summed E-state index contributed by atoms with van der Waals surface area (Å²) in [7, 11) is -3.29. The largest absolute Gasteiger partial charge is 0.317 e. The predicted molar refractivity (Wildman–Crippen MR) is 86.3 cm³/mol. The minimum atomic E-state index is -3.29. The van der Waals surface area contributed by atoms with Gasteiger partial charge in [0.15, 0.2) is 0 Å². The van der Waals surface area contributed by atoms with Crippen LogP contribution in [0.1, 0.15) is 51.9 Å². The second-order valence-electron chi connectivity index (χ2n) is 6.53. The van der Waals surface area contributed by atoms with Gasteiger partial charge in [-0.25, -0.2) is 4.72 Å². The number of nitrogens with one attached hydrogen (secondary N) is 2. The zero-order valence-electron chi connectivity index (χ0n) is 13.3. The van der Waals surface area contributed by atoms with Gasteiger partial charge in [-0.05, 0) is 50.6 Å². The van der Waals surface area contributed by atoms with Crippen molar-refractivity contribution in [2.45, 2.75) is 51.9 Å². The molecule has 21 heavy (non-hydrogen) atoms. The van der Waals surface area contributed by atoms with E-state index < -0.39 is 10.2 Å². The smallest absolute Gasteiger partial charge is 0.279 e. The first-order chi connectivity index (χ1) is 10.1. The number of piperidine rings is 1. The molecule has 2 aliphatic rings. The lowest BCUT2D eigenvalue weighted by Crippen LogP contribution is -2.48. The Bertz CT molecular complexity index is 394. The van der Waals surface area contributed by atoms with Gasteiger partial charge >= 0.3 is 0 Å². The molecule has 0 aromatic carbocycles. The molecule has 1 atom stereocenters. The maximum absolute atomic E-state index is 12.4. The summed E-state index contributed by atoms with van der Waals surface area (Å²) < 4.78 is 29.4. The first-order valence-electron chi connectivity index (χ1n) is 8.57. The van der Waals surface area contributed by atoms with Gasteiger partial charge < -0.3 is 5.32 Å². The Kier molecular flexibility index (Phi) is 6.92. The van der Waals surface area contributed by atoms with E-state index in [0.717, 1.165) is 25.9 Å². The van der Waals surface area contributed by atoms with Crippen molar-refractivity contribution in [2.75, 3.05) is 32.7 Å². The van der Waals surface area contributed by atoms with E-state index in [9.17, 15) is 8.42 Å². The standard InChI is InChI=1S/C15H31N3O2S/c1-2-16-11-15-9-6-10-18(13-15)21(19,20)17-12-14-7-4-3-5-8-14/h14-17H,2-13H2,1H3. The van der Waals surface area contributed by atoms with Crippen molar-refractivity contribution in [1.29, 1.82) is 0 Å². The fraction of sp³-hybridized carbons (Fsp3) is 1.00. The van der Waals surface area contributed by atoms with Crippen molar-refractivity contribution in [3.8, 4) is 0 Å². The quantitative estimate of drug-likeness (QED) is 0.751. The SMILES string of the molecule is CCNCC1CCCN(S(=O)(=O)NCC2CCCCC2)C1. The van der Waals surface area contributed by atoms with Crippen molar-refractivity contribution in [2.24, 2.45) is 11.8 Å². The van der Waals surface area contributed by atoms with Crippen LogP contribution in [0.25, 0.3) is 0 Å².